The fourth-order valence-electron chi connectivity index (χ4n) is 3.95. The molecule has 3 heterocycles. The number of aryl methyl sites for hydroxylation is 1. The minimum Gasteiger partial charge on any atom is -0.494 e. The Kier molecular flexibility index (Phi) is 8.28. The summed E-state index contributed by atoms with van der Waals surface area (Å²) in [5, 5.41) is 4.78. The molecule has 0 aliphatic rings. The van der Waals surface area contributed by atoms with E-state index in [-0.39, 0.29) is 11.5 Å². The molecule has 0 bridgehead atoms. The highest BCUT2D eigenvalue weighted by molar-refractivity contribution is 7.08. The number of fused-ring (bicyclic) bond motifs is 1. The van der Waals surface area contributed by atoms with Crippen LogP contribution in [0.1, 0.15) is 22.3 Å². The lowest BCUT2D eigenvalue weighted by Crippen LogP contribution is -2.36. The molecular formula is C27H30N4O3S. The average Bonchev–Trinajstić information content (AvgIpc) is 3.42. The van der Waals surface area contributed by atoms with Crippen molar-refractivity contribution in [3.8, 4) is 5.75 Å². The van der Waals surface area contributed by atoms with Gasteiger partial charge in [0.05, 0.1) is 17.7 Å². The van der Waals surface area contributed by atoms with Crippen LogP contribution >= 0.6 is 11.3 Å². The van der Waals surface area contributed by atoms with Crippen LogP contribution in [-0.2, 0) is 13.6 Å². The number of nitrogens with zero attached hydrogens (tertiary/aromatic N) is 4. The first-order valence-electron chi connectivity index (χ1n) is 11.6. The summed E-state index contributed by atoms with van der Waals surface area (Å²) in [5.74, 6) is 0.838. The number of benzene rings is 1. The Morgan fingerprint density at radius 1 is 1.06 bits per heavy atom. The molecule has 4 rings (SSSR count). The number of hydrogen-bond acceptors (Lipinski definition) is 6. The lowest BCUT2D eigenvalue weighted by molar-refractivity contribution is 0.0775. The van der Waals surface area contributed by atoms with Gasteiger partial charge >= 0.3 is 0 Å². The standard InChI is InChI=1S/C27H30N4O3S/c1-29(27(33)23-10-17-35-20-23)14-15-31(19-21-8-11-28-12-9-21)13-3-16-34-24-5-6-25-22(18-24)4-7-26(32)30(25)2/h4-12,17-18,20H,3,13-16,19H2,1-2H3. The van der Waals surface area contributed by atoms with Gasteiger partial charge in [-0.15, -0.1) is 0 Å². The first-order chi connectivity index (χ1) is 17.0. The highest BCUT2D eigenvalue weighted by Crippen LogP contribution is 2.19. The van der Waals surface area contributed by atoms with E-state index in [1.54, 1.807) is 35.0 Å². The van der Waals surface area contributed by atoms with E-state index in [1.807, 2.05) is 60.3 Å². The summed E-state index contributed by atoms with van der Waals surface area (Å²) in [4.78, 5) is 32.6. The second kappa shape index (κ2) is 11.8. The van der Waals surface area contributed by atoms with E-state index >= 15 is 0 Å². The van der Waals surface area contributed by atoms with Crippen molar-refractivity contribution in [3.05, 3.63) is 93.2 Å². The van der Waals surface area contributed by atoms with Gasteiger partial charge in [-0.2, -0.15) is 11.3 Å². The number of amides is 1. The van der Waals surface area contributed by atoms with Crippen LogP contribution in [0, 0.1) is 0 Å². The Morgan fingerprint density at radius 2 is 1.89 bits per heavy atom. The van der Waals surface area contributed by atoms with Crippen LogP contribution in [0.3, 0.4) is 0 Å². The zero-order valence-electron chi connectivity index (χ0n) is 20.1. The van der Waals surface area contributed by atoms with Gasteiger partial charge in [0.2, 0.25) is 0 Å². The maximum Gasteiger partial charge on any atom is 0.254 e. The third-order valence-corrected chi connectivity index (χ3v) is 6.69. The van der Waals surface area contributed by atoms with Crippen molar-refractivity contribution >= 4 is 28.1 Å². The summed E-state index contributed by atoms with van der Waals surface area (Å²) >= 11 is 1.53. The van der Waals surface area contributed by atoms with Gasteiger partial charge in [-0.05, 0) is 59.8 Å². The number of aromatic nitrogens is 2. The molecular weight excluding hydrogens is 460 g/mol. The molecule has 0 saturated heterocycles. The van der Waals surface area contributed by atoms with E-state index in [0.717, 1.165) is 48.3 Å². The van der Waals surface area contributed by atoms with Crippen LogP contribution in [0.4, 0.5) is 0 Å². The van der Waals surface area contributed by atoms with Gasteiger partial charge in [-0.3, -0.25) is 19.5 Å². The molecule has 0 atom stereocenters. The number of hydrogen-bond donors (Lipinski definition) is 0. The predicted molar refractivity (Wildman–Crippen MR) is 140 cm³/mol. The third kappa shape index (κ3) is 6.55. The minimum atomic E-state index is -0.0249. The quantitative estimate of drug-likeness (QED) is 0.297. The van der Waals surface area contributed by atoms with Crippen molar-refractivity contribution in [2.45, 2.75) is 13.0 Å². The van der Waals surface area contributed by atoms with Crippen molar-refractivity contribution in [2.75, 3.05) is 33.3 Å². The zero-order valence-corrected chi connectivity index (χ0v) is 20.9. The molecule has 4 aromatic rings. The topological polar surface area (TPSA) is 67.7 Å². The van der Waals surface area contributed by atoms with Gasteiger partial charge in [0.25, 0.3) is 11.5 Å². The molecule has 0 aliphatic carbocycles. The predicted octanol–water partition coefficient (Wildman–Crippen LogP) is 4.04. The van der Waals surface area contributed by atoms with Crippen molar-refractivity contribution < 1.29 is 9.53 Å². The number of pyridine rings is 2. The van der Waals surface area contributed by atoms with E-state index in [9.17, 15) is 9.59 Å². The molecule has 1 aromatic carbocycles. The Labute approximate surface area is 209 Å². The molecule has 0 spiro atoms. The lowest BCUT2D eigenvalue weighted by atomic mass is 10.2. The Morgan fingerprint density at radius 3 is 2.66 bits per heavy atom. The molecule has 0 fully saturated rings. The summed E-state index contributed by atoms with van der Waals surface area (Å²) < 4.78 is 7.65. The first-order valence-corrected chi connectivity index (χ1v) is 12.6. The molecule has 8 heteroatoms. The molecule has 0 unspecified atom stereocenters. The van der Waals surface area contributed by atoms with Gasteiger partial charge in [0.1, 0.15) is 5.75 Å². The molecule has 0 saturated carbocycles. The van der Waals surface area contributed by atoms with Crippen LogP contribution < -0.4 is 10.3 Å². The van der Waals surface area contributed by atoms with Crippen LogP contribution in [0.5, 0.6) is 5.75 Å². The van der Waals surface area contributed by atoms with Crippen molar-refractivity contribution in [1.82, 2.24) is 19.4 Å². The fourth-order valence-corrected chi connectivity index (χ4v) is 4.58. The normalized spacial score (nSPS) is 11.2. The number of likely N-dealkylation sites (N-methyl/N-ethyl adjacent to an activating group) is 1. The Balaban J connectivity index is 1.32. The second-order valence-electron chi connectivity index (χ2n) is 8.52. The first kappa shape index (κ1) is 24.6. The summed E-state index contributed by atoms with van der Waals surface area (Å²) in [6, 6.07) is 15.1. The van der Waals surface area contributed by atoms with E-state index in [0.29, 0.717) is 13.2 Å². The number of ether oxygens (including phenoxy) is 1. The van der Waals surface area contributed by atoms with Gasteiger partial charge < -0.3 is 14.2 Å². The van der Waals surface area contributed by atoms with Gasteiger partial charge in [0, 0.05) is 69.5 Å². The van der Waals surface area contributed by atoms with E-state index < -0.39 is 0 Å². The van der Waals surface area contributed by atoms with Crippen molar-refractivity contribution in [3.63, 3.8) is 0 Å². The van der Waals surface area contributed by atoms with Crippen LogP contribution in [0.15, 0.2) is 76.5 Å². The fraction of sp³-hybridized carbons (Fsp3) is 0.296. The highest BCUT2D eigenvalue weighted by atomic mass is 32.1. The molecule has 0 N–H and O–H groups in total. The maximum absolute atomic E-state index is 12.6. The molecule has 0 radical (unpaired) electrons. The van der Waals surface area contributed by atoms with Crippen LogP contribution in [0.2, 0.25) is 0 Å². The number of rotatable bonds is 11. The van der Waals surface area contributed by atoms with Crippen LogP contribution in [-0.4, -0.2) is 58.5 Å². The maximum atomic E-state index is 12.6. The lowest BCUT2D eigenvalue weighted by Gasteiger charge is -2.25. The van der Waals surface area contributed by atoms with Crippen LogP contribution in [0.25, 0.3) is 10.9 Å². The minimum absolute atomic E-state index is 0.0249. The van der Waals surface area contributed by atoms with Gasteiger partial charge in [-0.1, -0.05) is 0 Å². The SMILES string of the molecule is CN(CCN(CCCOc1ccc2c(ccc(=O)n2C)c1)Cc1ccncc1)C(=O)c1ccsc1. The second-order valence-corrected chi connectivity index (χ2v) is 9.30. The summed E-state index contributed by atoms with van der Waals surface area (Å²) in [6.45, 7) is 3.61. The number of thiophene rings is 1. The van der Waals surface area contributed by atoms with E-state index in [4.69, 9.17) is 4.74 Å². The Bertz CT molecular complexity index is 1310. The Hall–Kier alpha value is -3.49. The molecule has 182 valence electrons. The largest absolute Gasteiger partial charge is 0.494 e. The van der Waals surface area contributed by atoms with Gasteiger partial charge in [-0.25, -0.2) is 0 Å². The van der Waals surface area contributed by atoms with E-state index in [1.165, 1.54) is 16.9 Å². The number of carbonyl (C=O) groups excluding carboxylic acids is 1. The van der Waals surface area contributed by atoms with Crippen molar-refractivity contribution in [2.24, 2.45) is 7.05 Å². The molecule has 3 aromatic heterocycles. The monoisotopic (exact) mass is 490 g/mol. The molecule has 1 amide bonds. The number of carbonyl (C=O) groups is 1. The molecule has 7 nitrogen and oxygen atoms in total. The van der Waals surface area contributed by atoms with Crippen molar-refractivity contribution in [1.29, 1.82) is 0 Å². The summed E-state index contributed by atoms with van der Waals surface area (Å²) in [7, 11) is 3.62. The average molecular weight is 491 g/mol. The molecule has 35 heavy (non-hydrogen) atoms. The van der Waals surface area contributed by atoms with E-state index in [2.05, 4.69) is 9.88 Å². The van der Waals surface area contributed by atoms with Gasteiger partial charge in [0.15, 0.2) is 0 Å². The molecule has 0 aliphatic heterocycles. The summed E-state index contributed by atoms with van der Waals surface area (Å²) in [6.07, 6.45) is 4.45. The zero-order chi connectivity index (χ0) is 24.6. The highest BCUT2D eigenvalue weighted by Gasteiger charge is 2.14. The smallest absolute Gasteiger partial charge is 0.254 e. The third-order valence-electron chi connectivity index (χ3n) is 6.01. The summed E-state index contributed by atoms with van der Waals surface area (Å²) in [5.41, 5.74) is 2.78.